The highest BCUT2D eigenvalue weighted by atomic mass is 35.5. The van der Waals surface area contributed by atoms with E-state index in [1.54, 1.807) is 0 Å². The summed E-state index contributed by atoms with van der Waals surface area (Å²) in [6.45, 7) is 4.34. The van der Waals surface area contributed by atoms with Gasteiger partial charge in [-0.05, 0) is 36.6 Å². The maximum Gasteiger partial charge on any atom is 0.0406 e. The molecule has 0 aromatic heterocycles. The quantitative estimate of drug-likeness (QED) is 0.697. The Kier molecular flexibility index (Phi) is 3.86. The summed E-state index contributed by atoms with van der Waals surface area (Å²) in [4.78, 5) is 0. The fraction of sp³-hybridized carbons (Fsp3) is 0.250. The maximum absolute atomic E-state index is 5.93. The van der Waals surface area contributed by atoms with Gasteiger partial charge in [0, 0.05) is 10.9 Å². The van der Waals surface area contributed by atoms with Crippen molar-refractivity contribution in [2.75, 3.05) is 0 Å². The van der Waals surface area contributed by atoms with Crippen molar-refractivity contribution in [2.45, 2.75) is 26.2 Å². The van der Waals surface area contributed by atoms with Crippen LogP contribution in [0.3, 0.4) is 0 Å². The summed E-state index contributed by atoms with van der Waals surface area (Å²) in [5, 5.41) is 0.799. The summed E-state index contributed by atoms with van der Waals surface area (Å²) < 4.78 is 0. The van der Waals surface area contributed by atoms with E-state index in [1.165, 1.54) is 16.7 Å². The monoisotopic (exact) mass is 244 g/mol. The third-order valence-electron chi connectivity index (χ3n) is 3.16. The lowest BCUT2D eigenvalue weighted by Gasteiger charge is -2.16. The van der Waals surface area contributed by atoms with Gasteiger partial charge in [-0.25, -0.2) is 0 Å². The molecule has 0 saturated carbocycles. The van der Waals surface area contributed by atoms with E-state index in [4.69, 9.17) is 11.6 Å². The van der Waals surface area contributed by atoms with Crippen LogP contribution >= 0.6 is 11.6 Å². The lowest BCUT2D eigenvalue weighted by molar-refractivity contribution is 0.777. The molecule has 2 aromatic carbocycles. The van der Waals surface area contributed by atoms with Gasteiger partial charge >= 0.3 is 0 Å². The van der Waals surface area contributed by atoms with Crippen LogP contribution in [0.4, 0.5) is 0 Å². The van der Waals surface area contributed by atoms with Gasteiger partial charge < -0.3 is 0 Å². The van der Waals surface area contributed by atoms with E-state index in [1.807, 2.05) is 12.1 Å². The standard InChI is InChI=1S/C16H17Cl/c1-3-16(13-6-4-12(2)5-7-13)14-8-10-15(17)11-9-14/h4-11,16H,3H2,1-2H3. The fourth-order valence-corrected chi connectivity index (χ4v) is 2.28. The smallest absolute Gasteiger partial charge is 0.0406 e. The van der Waals surface area contributed by atoms with E-state index in [-0.39, 0.29) is 0 Å². The third-order valence-corrected chi connectivity index (χ3v) is 3.41. The molecule has 2 rings (SSSR count). The van der Waals surface area contributed by atoms with Crippen molar-refractivity contribution >= 4 is 11.6 Å². The summed E-state index contributed by atoms with van der Waals surface area (Å²) >= 11 is 5.93. The van der Waals surface area contributed by atoms with Crippen LogP contribution in [-0.4, -0.2) is 0 Å². The van der Waals surface area contributed by atoms with E-state index in [0.29, 0.717) is 5.92 Å². The van der Waals surface area contributed by atoms with Gasteiger partial charge in [0.15, 0.2) is 0 Å². The molecular formula is C16H17Cl. The molecule has 0 aliphatic rings. The Morgan fingerprint density at radius 1 is 0.882 bits per heavy atom. The molecule has 17 heavy (non-hydrogen) atoms. The van der Waals surface area contributed by atoms with Crippen molar-refractivity contribution in [3.05, 3.63) is 70.2 Å². The number of aryl methyl sites for hydroxylation is 1. The molecule has 1 atom stereocenters. The Labute approximate surface area is 108 Å². The van der Waals surface area contributed by atoms with E-state index >= 15 is 0 Å². The zero-order valence-electron chi connectivity index (χ0n) is 10.3. The normalized spacial score (nSPS) is 12.4. The number of hydrogen-bond acceptors (Lipinski definition) is 0. The van der Waals surface area contributed by atoms with Crippen molar-refractivity contribution in [1.29, 1.82) is 0 Å². The van der Waals surface area contributed by atoms with Gasteiger partial charge in [0.25, 0.3) is 0 Å². The molecular weight excluding hydrogens is 228 g/mol. The van der Waals surface area contributed by atoms with Crippen molar-refractivity contribution in [3.63, 3.8) is 0 Å². The largest absolute Gasteiger partial charge is 0.0843 e. The Hall–Kier alpha value is -1.27. The molecule has 0 aliphatic heterocycles. The molecule has 0 N–H and O–H groups in total. The van der Waals surface area contributed by atoms with Crippen LogP contribution in [0.2, 0.25) is 5.02 Å². The highest BCUT2D eigenvalue weighted by molar-refractivity contribution is 6.30. The minimum Gasteiger partial charge on any atom is -0.0843 e. The predicted molar refractivity (Wildman–Crippen MR) is 74.8 cm³/mol. The average Bonchev–Trinajstić information content (AvgIpc) is 2.35. The van der Waals surface area contributed by atoms with Crippen molar-refractivity contribution in [2.24, 2.45) is 0 Å². The molecule has 0 saturated heterocycles. The Morgan fingerprint density at radius 2 is 1.35 bits per heavy atom. The zero-order chi connectivity index (χ0) is 12.3. The lowest BCUT2D eigenvalue weighted by Crippen LogP contribution is -1.99. The van der Waals surface area contributed by atoms with Crippen LogP contribution in [0.5, 0.6) is 0 Å². The van der Waals surface area contributed by atoms with E-state index in [0.717, 1.165) is 11.4 Å². The first-order chi connectivity index (χ1) is 8.20. The Balaban J connectivity index is 2.33. The number of halogens is 1. The maximum atomic E-state index is 5.93. The molecule has 0 radical (unpaired) electrons. The molecule has 0 amide bonds. The summed E-state index contributed by atoms with van der Waals surface area (Å²) in [5.74, 6) is 0.466. The first kappa shape index (κ1) is 12.2. The van der Waals surface area contributed by atoms with Crippen molar-refractivity contribution in [3.8, 4) is 0 Å². The van der Waals surface area contributed by atoms with Crippen LogP contribution in [0.15, 0.2) is 48.5 Å². The topological polar surface area (TPSA) is 0 Å². The molecule has 0 nitrogen and oxygen atoms in total. The van der Waals surface area contributed by atoms with Crippen molar-refractivity contribution in [1.82, 2.24) is 0 Å². The predicted octanol–water partition coefficient (Wildman–Crippen LogP) is 5.19. The van der Waals surface area contributed by atoms with Crippen LogP contribution in [0.25, 0.3) is 0 Å². The molecule has 1 heteroatoms. The van der Waals surface area contributed by atoms with Crippen LogP contribution in [0, 0.1) is 6.92 Å². The average molecular weight is 245 g/mol. The highest BCUT2D eigenvalue weighted by Gasteiger charge is 2.11. The molecule has 0 fully saturated rings. The van der Waals surface area contributed by atoms with Crippen LogP contribution in [0.1, 0.15) is 36.0 Å². The van der Waals surface area contributed by atoms with Gasteiger partial charge in [-0.3, -0.25) is 0 Å². The number of hydrogen-bond donors (Lipinski definition) is 0. The molecule has 1 unspecified atom stereocenters. The minimum atomic E-state index is 0.466. The second-order valence-corrected chi connectivity index (χ2v) is 4.86. The Morgan fingerprint density at radius 3 is 1.82 bits per heavy atom. The van der Waals surface area contributed by atoms with Gasteiger partial charge in [-0.1, -0.05) is 60.5 Å². The highest BCUT2D eigenvalue weighted by Crippen LogP contribution is 2.28. The minimum absolute atomic E-state index is 0.466. The van der Waals surface area contributed by atoms with E-state index < -0.39 is 0 Å². The molecule has 88 valence electrons. The lowest BCUT2D eigenvalue weighted by atomic mass is 9.89. The van der Waals surface area contributed by atoms with Gasteiger partial charge in [0.1, 0.15) is 0 Å². The first-order valence-electron chi connectivity index (χ1n) is 6.02. The second-order valence-electron chi connectivity index (χ2n) is 4.42. The van der Waals surface area contributed by atoms with E-state index in [9.17, 15) is 0 Å². The van der Waals surface area contributed by atoms with E-state index in [2.05, 4.69) is 50.2 Å². The van der Waals surface area contributed by atoms with Gasteiger partial charge in [-0.2, -0.15) is 0 Å². The summed E-state index contributed by atoms with van der Waals surface area (Å²) in [7, 11) is 0. The van der Waals surface area contributed by atoms with Crippen molar-refractivity contribution < 1.29 is 0 Å². The first-order valence-corrected chi connectivity index (χ1v) is 6.40. The summed E-state index contributed by atoms with van der Waals surface area (Å²) in [6, 6.07) is 17.0. The zero-order valence-corrected chi connectivity index (χ0v) is 11.0. The molecule has 0 spiro atoms. The Bertz CT molecular complexity index is 422. The van der Waals surface area contributed by atoms with Gasteiger partial charge in [0.2, 0.25) is 0 Å². The van der Waals surface area contributed by atoms with Gasteiger partial charge in [0.05, 0.1) is 0 Å². The molecule has 0 heterocycles. The van der Waals surface area contributed by atoms with Gasteiger partial charge in [-0.15, -0.1) is 0 Å². The molecule has 2 aromatic rings. The third kappa shape index (κ3) is 2.89. The molecule has 0 bridgehead atoms. The fourth-order valence-electron chi connectivity index (χ4n) is 2.16. The second kappa shape index (κ2) is 5.37. The number of rotatable bonds is 3. The summed E-state index contributed by atoms with van der Waals surface area (Å²) in [6.07, 6.45) is 1.10. The van der Waals surface area contributed by atoms with Crippen LogP contribution in [-0.2, 0) is 0 Å². The summed E-state index contributed by atoms with van der Waals surface area (Å²) in [5.41, 5.74) is 4.01. The van der Waals surface area contributed by atoms with Crippen LogP contribution < -0.4 is 0 Å². The SMILES string of the molecule is CCC(c1ccc(C)cc1)c1ccc(Cl)cc1. The number of benzene rings is 2. The molecule has 0 aliphatic carbocycles.